The minimum Gasteiger partial charge on any atom is -0.293 e. The topological polar surface area (TPSA) is 48.5 Å². The summed E-state index contributed by atoms with van der Waals surface area (Å²) >= 11 is 0. The highest BCUT2D eigenvalue weighted by atomic mass is 15.2. The third-order valence-corrected chi connectivity index (χ3v) is 7.46. The maximum absolute atomic E-state index is 9.64. The molecule has 5 nitrogen and oxygen atoms in total. The van der Waals surface area contributed by atoms with Gasteiger partial charge in [0.05, 0.1) is 52.8 Å². The predicted octanol–water partition coefficient (Wildman–Crippen LogP) is 9.40. The summed E-state index contributed by atoms with van der Waals surface area (Å²) in [5, 5.41) is 1.22. The van der Waals surface area contributed by atoms with Gasteiger partial charge in [-0.1, -0.05) is 103 Å². The van der Waals surface area contributed by atoms with Crippen molar-refractivity contribution in [3.05, 3.63) is 151 Å². The van der Waals surface area contributed by atoms with Gasteiger partial charge in [0.25, 0.3) is 0 Å². The first kappa shape index (κ1) is 14.4. The molecule has 9 aromatic rings. The molecule has 0 aliphatic rings. The van der Waals surface area contributed by atoms with Gasteiger partial charge >= 0.3 is 0 Å². The fourth-order valence-electron chi connectivity index (χ4n) is 5.64. The van der Waals surface area contributed by atoms with E-state index in [1.807, 2.05) is 41.0 Å². The highest BCUT2D eigenvalue weighted by Crippen LogP contribution is 2.37. The number of hydrogen-bond donors (Lipinski definition) is 0. The lowest BCUT2D eigenvalue weighted by Gasteiger charge is -2.15. The van der Waals surface area contributed by atoms with Gasteiger partial charge < -0.3 is 0 Å². The molecule has 0 bridgehead atoms. The molecule has 0 amide bonds. The summed E-state index contributed by atoms with van der Waals surface area (Å²) in [7, 11) is 0. The molecule has 0 unspecified atom stereocenters. The quantitative estimate of drug-likeness (QED) is 0.209. The molecule has 0 saturated carbocycles. The van der Waals surface area contributed by atoms with Crippen molar-refractivity contribution in [2.45, 2.75) is 0 Å². The van der Waals surface area contributed by atoms with Crippen LogP contribution in [0, 0.1) is 0 Å². The van der Waals surface area contributed by atoms with Crippen LogP contribution in [-0.4, -0.2) is 24.1 Å². The number of aromatic nitrogens is 5. The van der Waals surface area contributed by atoms with E-state index in [1.54, 1.807) is 30.5 Å². The van der Waals surface area contributed by atoms with E-state index in [9.17, 15) is 1.37 Å². The molecule has 0 N–H and O–H groups in total. The summed E-state index contributed by atoms with van der Waals surface area (Å²) in [5.74, 6) is -0.460. The highest BCUT2D eigenvalue weighted by Gasteiger charge is 2.20. The number of rotatable bonds is 4. The standard InChI is InChI=1S/C39H25N5/c1-2-13-26(14-3-1)32-25-33(42-39(41-32)44-35-21-9-4-15-27(35)28-16-5-10-22-36(28)44)31-18-7-11-23-37(31)43-34-20-8-6-17-29(34)30-19-12-24-40-38(30)43/h1-25H/i1D,2D,3D,4D,5D,9D,10D,13D,14D,15D,16D,21D,22D,25D. The normalized spacial score (nSPS) is 16.1. The van der Waals surface area contributed by atoms with Crippen molar-refractivity contribution in [1.82, 2.24) is 24.1 Å². The first-order valence-electron chi connectivity index (χ1n) is 20.6. The highest BCUT2D eigenvalue weighted by molar-refractivity contribution is 6.09. The van der Waals surface area contributed by atoms with Gasteiger partial charge in [0, 0.05) is 38.9 Å². The average molecular weight is 578 g/mol. The summed E-state index contributed by atoms with van der Waals surface area (Å²) < 4.78 is 125. The Labute approximate surface area is 273 Å². The maximum atomic E-state index is 9.64. The fourth-order valence-corrected chi connectivity index (χ4v) is 5.64. The van der Waals surface area contributed by atoms with Crippen molar-refractivity contribution in [3.63, 3.8) is 0 Å². The van der Waals surface area contributed by atoms with E-state index < -0.39 is 102 Å². The minimum absolute atomic E-state index is 0.138. The number of fused-ring (bicyclic) bond motifs is 6. The molecule has 0 radical (unpaired) electrons. The number of benzene rings is 5. The summed E-state index contributed by atoms with van der Waals surface area (Å²) in [6.07, 6.45) is 1.64. The van der Waals surface area contributed by atoms with Crippen LogP contribution < -0.4 is 0 Å². The smallest absolute Gasteiger partial charge is 0.235 e. The third-order valence-electron chi connectivity index (χ3n) is 7.46. The Bertz CT molecular complexity index is 3140. The Morgan fingerprint density at radius 3 is 2.00 bits per heavy atom. The van der Waals surface area contributed by atoms with Gasteiger partial charge in [0.1, 0.15) is 5.65 Å². The van der Waals surface area contributed by atoms with Crippen LogP contribution in [0.5, 0.6) is 0 Å². The number of nitrogens with zero attached hydrogens (tertiary/aromatic N) is 5. The van der Waals surface area contributed by atoms with E-state index >= 15 is 0 Å². The zero-order chi connectivity index (χ0) is 41.2. The average Bonchev–Trinajstić information content (AvgIpc) is 3.77. The molecule has 44 heavy (non-hydrogen) atoms. The van der Waals surface area contributed by atoms with Crippen LogP contribution in [-0.2, 0) is 0 Å². The van der Waals surface area contributed by atoms with Gasteiger partial charge in [-0.25, -0.2) is 15.0 Å². The number of hydrogen-bond acceptors (Lipinski definition) is 3. The van der Waals surface area contributed by atoms with Crippen LogP contribution in [0.15, 0.2) is 151 Å². The second kappa shape index (κ2) is 9.75. The number of para-hydroxylation sites is 4. The first-order chi connectivity index (χ1) is 27.7. The lowest BCUT2D eigenvalue weighted by atomic mass is 10.1. The van der Waals surface area contributed by atoms with Crippen molar-refractivity contribution < 1.29 is 19.2 Å². The van der Waals surface area contributed by atoms with Gasteiger partial charge in [0.15, 0.2) is 0 Å². The maximum Gasteiger partial charge on any atom is 0.235 e. The van der Waals surface area contributed by atoms with Gasteiger partial charge in [-0.05, 0) is 42.4 Å². The monoisotopic (exact) mass is 577 g/mol. The second-order valence-electron chi connectivity index (χ2n) is 9.87. The van der Waals surface area contributed by atoms with Crippen molar-refractivity contribution >= 4 is 43.7 Å². The Balaban J connectivity index is 1.50. The molecule has 0 aliphatic heterocycles. The van der Waals surface area contributed by atoms with Crippen LogP contribution in [0.25, 0.3) is 77.9 Å². The van der Waals surface area contributed by atoms with Crippen LogP contribution >= 0.6 is 0 Å². The van der Waals surface area contributed by atoms with E-state index in [0.717, 1.165) is 20.9 Å². The number of pyridine rings is 1. The SMILES string of the molecule is [2H]c1c(-c2ccccc2-n2c3ccccc3c3cccnc32)nc(-n2c3c([2H])c([2H])c([2H])c([2H])c3c3c([2H])c([2H])c([2H])c([2H])c32)nc1-c1c([2H])c([2H])c([2H])c([2H])c1[2H]. The summed E-state index contributed by atoms with van der Waals surface area (Å²) in [6, 6.07) is 9.26. The molecular formula is C39H25N5. The Hall–Kier alpha value is -6.07. The molecule has 0 aliphatic carbocycles. The second-order valence-corrected chi connectivity index (χ2v) is 9.87. The van der Waals surface area contributed by atoms with Gasteiger partial charge in [-0.2, -0.15) is 0 Å². The molecule has 0 atom stereocenters. The largest absolute Gasteiger partial charge is 0.293 e. The zero-order valence-electron chi connectivity index (χ0n) is 36.6. The molecule has 5 aromatic carbocycles. The molecular weight excluding hydrogens is 538 g/mol. The third kappa shape index (κ3) is 3.69. The molecule has 0 fully saturated rings. The summed E-state index contributed by atoms with van der Waals surface area (Å²) in [6.45, 7) is 0. The minimum atomic E-state index is -0.700. The van der Waals surface area contributed by atoms with E-state index in [-0.39, 0.29) is 27.5 Å². The van der Waals surface area contributed by atoms with E-state index in [4.69, 9.17) is 22.8 Å². The molecule has 206 valence electrons. The molecule has 0 saturated heterocycles. The molecule has 5 heteroatoms. The summed E-state index contributed by atoms with van der Waals surface area (Å²) in [4.78, 5) is 14.1. The Morgan fingerprint density at radius 2 is 1.18 bits per heavy atom. The van der Waals surface area contributed by atoms with E-state index in [1.165, 1.54) is 0 Å². The molecule has 9 rings (SSSR count). The van der Waals surface area contributed by atoms with Gasteiger partial charge in [-0.3, -0.25) is 9.13 Å². The van der Waals surface area contributed by atoms with Gasteiger partial charge in [-0.15, -0.1) is 0 Å². The van der Waals surface area contributed by atoms with Crippen molar-refractivity contribution in [2.24, 2.45) is 0 Å². The van der Waals surface area contributed by atoms with Crippen LogP contribution in [0.1, 0.15) is 19.2 Å². The van der Waals surface area contributed by atoms with Crippen LogP contribution in [0.2, 0.25) is 0 Å². The zero-order valence-corrected chi connectivity index (χ0v) is 22.6. The fraction of sp³-hybridized carbons (Fsp3) is 0. The molecule has 4 heterocycles. The van der Waals surface area contributed by atoms with Crippen LogP contribution in [0.3, 0.4) is 0 Å². The first-order valence-corrected chi connectivity index (χ1v) is 13.6. The lowest BCUT2D eigenvalue weighted by molar-refractivity contribution is 0.994. The molecule has 0 spiro atoms. The van der Waals surface area contributed by atoms with Gasteiger partial charge in [0.2, 0.25) is 5.95 Å². The van der Waals surface area contributed by atoms with Crippen LogP contribution in [0.4, 0.5) is 0 Å². The van der Waals surface area contributed by atoms with Crippen molar-refractivity contribution in [1.29, 1.82) is 0 Å². The summed E-state index contributed by atoms with van der Waals surface area (Å²) in [5.41, 5.74) is 0.451. The van der Waals surface area contributed by atoms with E-state index in [2.05, 4.69) is 9.97 Å². The molecule has 4 aromatic heterocycles. The van der Waals surface area contributed by atoms with E-state index in [0.29, 0.717) is 16.9 Å². The lowest BCUT2D eigenvalue weighted by Crippen LogP contribution is -2.05. The van der Waals surface area contributed by atoms with Crippen molar-refractivity contribution in [2.75, 3.05) is 0 Å². The Morgan fingerprint density at radius 1 is 0.523 bits per heavy atom. The predicted molar refractivity (Wildman–Crippen MR) is 179 cm³/mol. The van der Waals surface area contributed by atoms with Crippen molar-refractivity contribution in [3.8, 4) is 34.2 Å². The Kier molecular flexibility index (Phi) is 3.19.